The Morgan fingerprint density at radius 3 is 1.93 bits per heavy atom. The average Bonchev–Trinajstić information content (AvgIpc) is 4.05. The minimum absolute atomic E-state index is 0.104. The Morgan fingerprint density at radius 1 is 0.768 bits per heavy atom. The molecule has 2 aliphatic rings. The number of amides is 4. The molecule has 3 atom stereocenters. The van der Waals surface area contributed by atoms with E-state index in [2.05, 4.69) is 91.8 Å². The van der Waals surface area contributed by atoms with Gasteiger partial charge in [0.05, 0.1) is 50.1 Å². The highest BCUT2D eigenvalue weighted by atomic mass is 16.5. The Balaban J connectivity index is 1.04. The summed E-state index contributed by atoms with van der Waals surface area (Å²) < 4.78 is 9.36. The van der Waals surface area contributed by atoms with Crippen LogP contribution in [0.25, 0.3) is 44.4 Å². The van der Waals surface area contributed by atoms with Crippen molar-refractivity contribution < 1.29 is 28.7 Å². The number of fused-ring (bicyclic) bond motifs is 1. The van der Waals surface area contributed by atoms with Gasteiger partial charge in [0.2, 0.25) is 11.8 Å². The number of carbonyl (C=O) groups is 4. The van der Waals surface area contributed by atoms with Crippen LogP contribution in [0.2, 0.25) is 0 Å². The zero-order valence-corrected chi connectivity index (χ0v) is 32.3. The fourth-order valence-corrected chi connectivity index (χ4v) is 7.91. The van der Waals surface area contributed by atoms with Gasteiger partial charge in [0, 0.05) is 18.7 Å². The number of H-pyrrole nitrogens is 2. The molecule has 4 heterocycles. The Bertz CT molecular complexity index is 2260. The molecule has 7 rings (SSSR count). The van der Waals surface area contributed by atoms with Crippen LogP contribution in [0.4, 0.5) is 9.59 Å². The Hall–Kier alpha value is -6.18. The van der Waals surface area contributed by atoms with E-state index < -0.39 is 18.2 Å². The molecule has 5 aromatic rings. The molecule has 3 aromatic carbocycles. The van der Waals surface area contributed by atoms with Crippen molar-refractivity contribution in [2.45, 2.75) is 64.6 Å². The lowest BCUT2D eigenvalue weighted by atomic mass is 9.95. The molecule has 56 heavy (non-hydrogen) atoms. The molecule has 4 amide bonds. The van der Waals surface area contributed by atoms with Crippen LogP contribution in [0.5, 0.6) is 0 Å². The summed E-state index contributed by atoms with van der Waals surface area (Å²) in [5.41, 5.74) is 7.09. The topological polar surface area (TPSA) is 175 Å². The average molecular weight is 761 g/mol. The minimum Gasteiger partial charge on any atom is -0.453 e. The van der Waals surface area contributed by atoms with Crippen LogP contribution in [0.3, 0.4) is 0 Å². The first kappa shape index (κ1) is 38.1. The van der Waals surface area contributed by atoms with Gasteiger partial charge in [0.15, 0.2) is 0 Å². The molecule has 0 unspecified atom stereocenters. The molecule has 0 radical (unpaired) electrons. The molecule has 0 bridgehead atoms. The van der Waals surface area contributed by atoms with Gasteiger partial charge in [-0.25, -0.2) is 19.6 Å². The van der Waals surface area contributed by atoms with Gasteiger partial charge in [-0.1, -0.05) is 50.2 Å². The van der Waals surface area contributed by atoms with Crippen LogP contribution < -0.4 is 10.6 Å². The molecule has 0 saturated carbocycles. The second-order valence-electron chi connectivity index (χ2n) is 14.8. The zero-order valence-electron chi connectivity index (χ0n) is 32.3. The number of hydrogen-bond acceptors (Lipinski definition) is 8. The molecule has 292 valence electrons. The third-order valence-corrected chi connectivity index (χ3v) is 10.9. The van der Waals surface area contributed by atoms with Crippen molar-refractivity contribution in [3.05, 3.63) is 84.2 Å². The van der Waals surface area contributed by atoms with Crippen molar-refractivity contribution in [3.8, 4) is 33.6 Å². The quantitative estimate of drug-likeness (QED) is 0.122. The summed E-state index contributed by atoms with van der Waals surface area (Å²) in [5.74, 6) is 1.04. The van der Waals surface area contributed by atoms with Crippen molar-refractivity contribution in [3.63, 3.8) is 0 Å². The van der Waals surface area contributed by atoms with Crippen molar-refractivity contribution >= 4 is 34.8 Å². The van der Waals surface area contributed by atoms with E-state index in [1.807, 2.05) is 31.1 Å². The van der Waals surface area contributed by atoms with Crippen LogP contribution in [0.1, 0.15) is 68.8 Å². The van der Waals surface area contributed by atoms with E-state index in [-0.39, 0.29) is 36.4 Å². The summed E-state index contributed by atoms with van der Waals surface area (Å²) in [6.45, 7) is 6.99. The summed E-state index contributed by atoms with van der Waals surface area (Å²) in [5, 5.41) is 7.37. The Labute approximate surface area is 325 Å². The third kappa shape index (κ3) is 7.81. The second-order valence-corrected chi connectivity index (χ2v) is 14.8. The number of aromatic nitrogens is 4. The van der Waals surface area contributed by atoms with Gasteiger partial charge in [-0.05, 0) is 89.8 Å². The molecular formula is C42H48N8O6. The fourth-order valence-electron chi connectivity index (χ4n) is 7.91. The van der Waals surface area contributed by atoms with E-state index in [1.54, 1.807) is 4.90 Å². The van der Waals surface area contributed by atoms with Crippen molar-refractivity contribution in [1.29, 1.82) is 0 Å². The van der Waals surface area contributed by atoms with Gasteiger partial charge in [-0.2, -0.15) is 0 Å². The summed E-state index contributed by atoms with van der Waals surface area (Å²) in [4.78, 5) is 69.7. The molecule has 2 saturated heterocycles. The van der Waals surface area contributed by atoms with E-state index in [4.69, 9.17) is 9.72 Å². The SMILES string of the molecule is COC(=O)NCC(=O)N1CCC[C@H]1c1ncc(-c2ccc(-c3ccc4cc(-c5cnc([C@@H]6CCCN6C(=O)[C@@H](NC(=O)OC)C(C)C)[nH]5)ccc4c3)c(C)c2)[nH]1. The first-order chi connectivity index (χ1) is 27.0. The first-order valence-corrected chi connectivity index (χ1v) is 19.1. The number of likely N-dealkylation sites (tertiary alicyclic amines) is 2. The maximum atomic E-state index is 13.6. The van der Waals surface area contributed by atoms with Crippen LogP contribution >= 0.6 is 0 Å². The summed E-state index contributed by atoms with van der Waals surface area (Å²) in [7, 11) is 2.56. The summed E-state index contributed by atoms with van der Waals surface area (Å²) >= 11 is 0. The number of hydrogen-bond donors (Lipinski definition) is 4. The molecule has 4 N–H and O–H groups in total. The van der Waals surface area contributed by atoms with E-state index in [9.17, 15) is 19.2 Å². The van der Waals surface area contributed by atoms with Crippen molar-refractivity contribution in [1.82, 2.24) is 40.4 Å². The van der Waals surface area contributed by atoms with Crippen LogP contribution in [0.15, 0.2) is 67.0 Å². The van der Waals surface area contributed by atoms with Gasteiger partial charge in [0.25, 0.3) is 0 Å². The minimum atomic E-state index is -0.687. The maximum absolute atomic E-state index is 13.6. The number of carbonyl (C=O) groups excluding carboxylic acids is 4. The predicted octanol–water partition coefficient (Wildman–Crippen LogP) is 6.66. The molecule has 2 aliphatic heterocycles. The molecule has 14 heteroatoms. The maximum Gasteiger partial charge on any atom is 0.407 e. The standard InChI is InChI=1S/C42H48N8O6/c1-24(2)37(48-42(54)56-5)40(52)50-17-7-9-35(50)39-44-22-33(47-39)30-13-11-26-19-28(12-10-27(26)20-30)31-15-14-29(18-25(31)3)32-21-43-38(46-32)34-8-6-16-49(34)36(51)23-45-41(53)55-4/h10-15,18-22,24,34-35,37H,6-9,16-17,23H2,1-5H3,(H,43,46)(H,44,47)(H,45,53)(H,48,54)/t34-,35-,37-/m0/s1. The molecule has 0 aliphatic carbocycles. The summed E-state index contributed by atoms with van der Waals surface area (Å²) in [6.07, 6.45) is 5.66. The van der Waals surface area contributed by atoms with Gasteiger partial charge in [-0.3, -0.25) is 9.59 Å². The Kier molecular flexibility index (Phi) is 11.1. The number of aromatic amines is 2. The first-order valence-electron chi connectivity index (χ1n) is 19.1. The number of rotatable bonds is 10. The van der Waals surface area contributed by atoms with Gasteiger partial charge in [0.1, 0.15) is 24.2 Å². The number of benzene rings is 3. The highest BCUT2D eigenvalue weighted by Gasteiger charge is 2.37. The summed E-state index contributed by atoms with van der Waals surface area (Å²) in [6, 6.07) is 18.1. The number of methoxy groups -OCH3 is 2. The van der Waals surface area contributed by atoms with Gasteiger partial charge < -0.3 is 39.9 Å². The molecule has 0 spiro atoms. The largest absolute Gasteiger partial charge is 0.453 e. The zero-order chi connectivity index (χ0) is 39.5. The number of imidazole rings is 2. The normalized spacial score (nSPS) is 17.3. The van der Waals surface area contributed by atoms with Crippen molar-refractivity contribution in [2.75, 3.05) is 33.9 Å². The predicted molar refractivity (Wildman–Crippen MR) is 211 cm³/mol. The van der Waals surface area contributed by atoms with E-state index in [0.29, 0.717) is 13.1 Å². The van der Waals surface area contributed by atoms with E-state index in [1.165, 1.54) is 14.2 Å². The highest BCUT2D eigenvalue weighted by Crippen LogP contribution is 2.36. The van der Waals surface area contributed by atoms with Crippen molar-refractivity contribution in [2.24, 2.45) is 5.92 Å². The highest BCUT2D eigenvalue weighted by molar-refractivity contribution is 5.91. The van der Waals surface area contributed by atoms with Gasteiger partial charge in [-0.15, -0.1) is 0 Å². The van der Waals surface area contributed by atoms with Crippen LogP contribution in [0, 0.1) is 12.8 Å². The monoisotopic (exact) mass is 760 g/mol. The fraction of sp³-hybridized carbons (Fsp3) is 0.381. The number of nitrogens with one attached hydrogen (secondary N) is 4. The second kappa shape index (κ2) is 16.3. The molecular weight excluding hydrogens is 713 g/mol. The lowest BCUT2D eigenvalue weighted by Gasteiger charge is -2.30. The number of alkyl carbamates (subject to hydrolysis) is 2. The van der Waals surface area contributed by atoms with Gasteiger partial charge >= 0.3 is 12.2 Å². The van der Waals surface area contributed by atoms with Crippen LogP contribution in [-0.2, 0) is 19.1 Å². The van der Waals surface area contributed by atoms with E-state index in [0.717, 1.165) is 87.3 Å². The number of ether oxygens (including phenoxy) is 2. The lowest BCUT2D eigenvalue weighted by Crippen LogP contribution is -2.51. The Morgan fingerprint density at radius 2 is 1.32 bits per heavy atom. The molecule has 2 fully saturated rings. The molecule has 2 aromatic heterocycles. The smallest absolute Gasteiger partial charge is 0.407 e. The third-order valence-electron chi connectivity index (χ3n) is 10.9. The van der Waals surface area contributed by atoms with E-state index >= 15 is 0 Å². The van der Waals surface area contributed by atoms with Crippen LogP contribution in [-0.4, -0.2) is 93.6 Å². The number of nitrogens with zero attached hydrogens (tertiary/aromatic N) is 4. The molecule has 14 nitrogen and oxygen atoms in total. The number of aryl methyl sites for hydroxylation is 1. The lowest BCUT2D eigenvalue weighted by molar-refractivity contribution is -0.135.